The lowest BCUT2D eigenvalue weighted by Gasteiger charge is -2.22. The van der Waals surface area contributed by atoms with Crippen LogP contribution in [-0.4, -0.2) is 31.3 Å². The second-order valence-electron chi connectivity index (χ2n) is 6.04. The molecule has 6 nitrogen and oxygen atoms in total. The number of rotatable bonds is 6. The third kappa shape index (κ3) is 5.25. The monoisotopic (exact) mass is 254 g/mol. The summed E-state index contributed by atoms with van der Waals surface area (Å²) in [5.74, 6) is 0.409. The molecule has 0 aliphatic heterocycles. The summed E-state index contributed by atoms with van der Waals surface area (Å²) in [5, 5.41) is 20.1. The van der Waals surface area contributed by atoms with Crippen LogP contribution in [-0.2, 0) is 17.8 Å². The van der Waals surface area contributed by atoms with Gasteiger partial charge in [0, 0.05) is 6.42 Å². The summed E-state index contributed by atoms with van der Waals surface area (Å²) in [4.78, 5) is 10.5. The number of tetrazole rings is 1. The van der Waals surface area contributed by atoms with Crippen LogP contribution in [0.1, 0.15) is 46.4 Å². The van der Waals surface area contributed by atoms with Crippen molar-refractivity contribution in [3.8, 4) is 0 Å². The molecule has 0 bridgehead atoms. The van der Waals surface area contributed by atoms with Gasteiger partial charge in [-0.25, -0.2) is 4.68 Å². The Labute approximate surface area is 107 Å². The van der Waals surface area contributed by atoms with Crippen LogP contribution in [0.15, 0.2) is 0 Å². The number of carbonyl (C=O) groups is 1. The van der Waals surface area contributed by atoms with Crippen molar-refractivity contribution < 1.29 is 9.90 Å². The molecule has 1 aromatic heterocycles. The van der Waals surface area contributed by atoms with Gasteiger partial charge in [0.2, 0.25) is 0 Å². The van der Waals surface area contributed by atoms with Crippen molar-refractivity contribution in [2.75, 3.05) is 0 Å². The molecule has 0 aromatic carbocycles. The molecule has 0 spiro atoms. The fourth-order valence-corrected chi connectivity index (χ4v) is 2.17. The summed E-state index contributed by atoms with van der Waals surface area (Å²) in [6.45, 7) is 9.12. The predicted octanol–water partition coefficient (Wildman–Crippen LogP) is 1.76. The molecule has 1 rings (SSSR count). The Hall–Kier alpha value is -1.46. The molecule has 0 radical (unpaired) electrons. The van der Waals surface area contributed by atoms with Gasteiger partial charge in [-0.1, -0.05) is 27.7 Å². The molecule has 6 heteroatoms. The summed E-state index contributed by atoms with van der Waals surface area (Å²) in [5.41, 5.74) is 0.277. The molecule has 1 N–H and O–H groups in total. The lowest BCUT2D eigenvalue weighted by molar-refractivity contribution is -0.137. The topological polar surface area (TPSA) is 80.9 Å². The second-order valence-corrected chi connectivity index (χ2v) is 6.04. The Morgan fingerprint density at radius 3 is 2.67 bits per heavy atom. The van der Waals surface area contributed by atoms with Crippen molar-refractivity contribution in [2.24, 2.45) is 11.3 Å². The van der Waals surface area contributed by atoms with Gasteiger partial charge >= 0.3 is 5.97 Å². The molecule has 1 unspecified atom stereocenters. The van der Waals surface area contributed by atoms with Crippen molar-refractivity contribution in [3.63, 3.8) is 0 Å². The highest BCUT2D eigenvalue weighted by Crippen LogP contribution is 2.25. The summed E-state index contributed by atoms with van der Waals surface area (Å²) in [6, 6.07) is 0. The number of carboxylic acids is 1. The number of aliphatic carboxylic acids is 1. The van der Waals surface area contributed by atoms with Crippen molar-refractivity contribution in [1.82, 2.24) is 20.2 Å². The van der Waals surface area contributed by atoms with E-state index in [1.54, 1.807) is 4.68 Å². The Balaban J connectivity index is 2.56. The summed E-state index contributed by atoms with van der Waals surface area (Å²) < 4.78 is 1.59. The third-order valence-electron chi connectivity index (χ3n) is 2.64. The lowest BCUT2D eigenvalue weighted by atomic mass is 9.84. The number of carboxylic acid groups (broad SMARTS) is 1. The maximum atomic E-state index is 10.5. The number of hydrogen-bond acceptors (Lipinski definition) is 4. The Morgan fingerprint density at radius 2 is 2.11 bits per heavy atom. The van der Waals surface area contributed by atoms with Crippen LogP contribution in [0, 0.1) is 11.3 Å². The van der Waals surface area contributed by atoms with E-state index in [4.69, 9.17) is 5.11 Å². The van der Waals surface area contributed by atoms with Crippen molar-refractivity contribution >= 4 is 5.97 Å². The first-order chi connectivity index (χ1) is 8.28. The van der Waals surface area contributed by atoms with Crippen molar-refractivity contribution in [1.29, 1.82) is 0 Å². The summed E-state index contributed by atoms with van der Waals surface area (Å²) in [7, 11) is 0. The molecule has 0 aliphatic rings. The fourth-order valence-electron chi connectivity index (χ4n) is 2.17. The average molecular weight is 254 g/mol. The van der Waals surface area contributed by atoms with Gasteiger partial charge in [0.05, 0.1) is 13.0 Å². The molecule has 1 atom stereocenters. The first kappa shape index (κ1) is 14.6. The van der Waals surface area contributed by atoms with Gasteiger partial charge in [0.1, 0.15) is 0 Å². The van der Waals surface area contributed by atoms with E-state index in [0.717, 1.165) is 18.7 Å². The zero-order valence-electron chi connectivity index (χ0n) is 11.6. The van der Waals surface area contributed by atoms with Crippen LogP contribution in [0.2, 0.25) is 0 Å². The highest BCUT2D eigenvalue weighted by molar-refractivity contribution is 5.66. The second kappa shape index (κ2) is 5.93. The van der Waals surface area contributed by atoms with Crippen LogP contribution in [0.4, 0.5) is 0 Å². The minimum Gasteiger partial charge on any atom is -0.481 e. The van der Waals surface area contributed by atoms with Gasteiger partial charge < -0.3 is 5.11 Å². The van der Waals surface area contributed by atoms with E-state index in [2.05, 4.69) is 43.2 Å². The Kier molecular flexibility index (Phi) is 4.81. The molecule has 102 valence electrons. The van der Waals surface area contributed by atoms with Crippen LogP contribution in [0.25, 0.3) is 0 Å². The van der Waals surface area contributed by atoms with E-state index in [1.807, 2.05) is 0 Å². The van der Waals surface area contributed by atoms with Gasteiger partial charge in [-0.05, 0) is 28.2 Å². The molecular formula is C12H22N4O2. The highest BCUT2D eigenvalue weighted by Gasteiger charge is 2.18. The first-order valence-corrected chi connectivity index (χ1v) is 6.25. The molecule has 0 aliphatic carbocycles. The van der Waals surface area contributed by atoms with Gasteiger partial charge in [0.25, 0.3) is 0 Å². The number of aromatic nitrogens is 4. The molecule has 0 fully saturated rings. The third-order valence-corrected chi connectivity index (χ3v) is 2.64. The Bertz CT molecular complexity index is 395. The van der Waals surface area contributed by atoms with E-state index in [9.17, 15) is 4.79 Å². The highest BCUT2D eigenvalue weighted by atomic mass is 16.4. The molecule has 0 amide bonds. The van der Waals surface area contributed by atoms with Gasteiger partial charge in [-0.15, -0.1) is 5.10 Å². The van der Waals surface area contributed by atoms with E-state index in [0.29, 0.717) is 12.5 Å². The number of aryl methyl sites for hydroxylation is 1. The predicted molar refractivity (Wildman–Crippen MR) is 67.0 cm³/mol. The zero-order valence-corrected chi connectivity index (χ0v) is 11.6. The normalized spacial score (nSPS) is 13.6. The largest absolute Gasteiger partial charge is 0.481 e. The van der Waals surface area contributed by atoms with Crippen LogP contribution < -0.4 is 0 Å². The minimum atomic E-state index is -0.834. The fraction of sp³-hybridized carbons (Fsp3) is 0.833. The standard InChI is InChI=1S/C12H22N4O2/c1-9(8-12(2,3)4)7-10-13-14-15-16(10)6-5-11(17)18/h9H,5-8H2,1-4H3,(H,17,18). The first-order valence-electron chi connectivity index (χ1n) is 6.25. The molecule has 18 heavy (non-hydrogen) atoms. The zero-order chi connectivity index (χ0) is 13.8. The molecule has 0 saturated heterocycles. The van der Waals surface area contributed by atoms with Crippen molar-refractivity contribution in [3.05, 3.63) is 5.82 Å². The van der Waals surface area contributed by atoms with Crippen LogP contribution in [0.5, 0.6) is 0 Å². The maximum absolute atomic E-state index is 10.5. The van der Waals surface area contributed by atoms with E-state index < -0.39 is 5.97 Å². The Morgan fingerprint density at radius 1 is 1.44 bits per heavy atom. The number of hydrogen-bond donors (Lipinski definition) is 1. The quantitative estimate of drug-likeness (QED) is 0.836. The van der Waals surface area contributed by atoms with Gasteiger partial charge in [0.15, 0.2) is 5.82 Å². The molecule has 1 aromatic rings. The van der Waals surface area contributed by atoms with E-state index in [-0.39, 0.29) is 11.8 Å². The maximum Gasteiger partial charge on any atom is 0.305 e. The van der Waals surface area contributed by atoms with Crippen LogP contribution in [0.3, 0.4) is 0 Å². The van der Waals surface area contributed by atoms with Crippen LogP contribution >= 0.6 is 0 Å². The summed E-state index contributed by atoms with van der Waals surface area (Å²) in [6.07, 6.45) is 1.91. The average Bonchev–Trinajstić information content (AvgIpc) is 2.59. The number of nitrogens with zero attached hydrogens (tertiary/aromatic N) is 4. The van der Waals surface area contributed by atoms with Gasteiger partial charge in [-0.3, -0.25) is 4.79 Å². The summed E-state index contributed by atoms with van der Waals surface area (Å²) >= 11 is 0. The molecule has 1 heterocycles. The van der Waals surface area contributed by atoms with Gasteiger partial charge in [-0.2, -0.15) is 0 Å². The van der Waals surface area contributed by atoms with E-state index in [1.165, 1.54) is 0 Å². The minimum absolute atomic E-state index is 0.0473. The molecule has 0 saturated carbocycles. The van der Waals surface area contributed by atoms with E-state index >= 15 is 0 Å². The molecular weight excluding hydrogens is 232 g/mol. The SMILES string of the molecule is CC(Cc1nnnn1CCC(=O)O)CC(C)(C)C. The lowest BCUT2D eigenvalue weighted by Crippen LogP contribution is -2.16. The smallest absolute Gasteiger partial charge is 0.305 e. The van der Waals surface area contributed by atoms with Crippen molar-refractivity contribution in [2.45, 2.75) is 53.5 Å².